The molecule has 1 saturated carbocycles. The van der Waals surface area contributed by atoms with Gasteiger partial charge in [0, 0.05) is 19.0 Å². The van der Waals surface area contributed by atoms with Crippen LogP contribution in [0.15, 0.2) is 22.6 Å². The second-order valence-electron chi connectivity index (χ2n) is 4.64. The number of aromatic hydroxyl groups is 1. The number of aromatic nitrogens is 2. The number of nitrogens with zero attached hydrogens (tertiary/aromatic N) is 2. The smallest absolute Gasteiger partial charge is 0.249 e. The number of phenolic OH excluding ortho intramolecular Hbond substituents is 1. The predicted molar refractivity (Wildman–Crippen MR) is 71.1 cm³/mol. The maximum Gasteiger partial charge on any atom is 0.249 e. The van der Waals surface area contributed by atoms with Crippen molar-refractivity contribution in [3.05, 3.63) is 29.1 Å². The molecule has 6 heteroatoms. The van der Waals surface area contributed by atoms with Crippen LogP contribution in [0.2, 0.25) is 5.02 Å². The molecule has 0 aliphatic heterocycles. The highest BCUT2D eigenvalue weighted by molar-refractivity contribution is 6.33. The average molecular weight is 280 g/mol. The highest BCUT2D eigenvalue weighted by atomic mass is 35.5. The highest BCUT2D eigenvalue weighted by Crippen LogP contribution is 2.30. The Balaban J connectivity index is 1.70. The molecule has 2 aromatic rings. The maximum atomic E-state index is 9.46. The van der Waals surface area contributed by atoms with E-state index < -0.39 is 0 Å². The molecular formula is C13H14ClN3O2. The minimum Gasteiger partial charge on any atom is -0.508 e. The van der Waals surface area contributed by atoms with E-state index in [-0.39, 0.29) is 5.75 Å². The van der Waals surface area contributed by atoms with Crippen molar-refractivity contribution >= 4 is 11.6 Å². The van der Waals surface area contributed by atoms with Crippen LogP contribution in [0.4, 0.5) is 0 Å². The van der Waals surface area contributed by atoms with Gasteiger partial charge in [0.05, 0.1) is 10.6 Å². The third kappa shape index (κ3) is 3.05. The van der Waals surface area contributed by atoms with Gasteiger partial charge in [-0.05, 0) is 31.0 Å². The fourth-order valence-corrected chi connectivity index (χ4v) is 2.01. The molecule has 1 aromatic carbocycles. The summed E-state index contributed by atoms with van der Waals surface area (Å²) in [6.07, 6.45) is 3.21. The Kier molecular flexibility index (Phi) is 3.40. The largest absolute Gasteiger partial charge is 0.508 e. The van der Waals surface area contributed by atoms with Crippen molar-refractivity contribution in [2.45, 2.75) is 25.3 Å². The van der Waals surface area contributed by atoms with Crippen LogP contribution in [0.5, 0.6) is 5.75 Å². The zero-order valence-electron chi connectivity index (χ0n) is 10.3. The van der Waals surface area contributed by atoms with Gasteiger partial charge in [0.25, 0.3) is 0 Å². The van der Waals surface area contributed by atoms with E-state index in [2.05, 4.69) is 15.5 Å². The van der Waals surface area contributed by atoms with Gasteiger partial charge in [-0.1, -0.05) is 11.6 Å². The molecule has 1 aromatic heterocycles. The van der Waals surface area contributed by atoms with Gasteiger partial charge in [-0.3, -0.25) is 0 Å². The summed E-state index contributed by atoms with van der Waals surface area (Å²) in [6, 6.07) is 5.30. The summed E-state index contributed by atoms with van der Waals surface area (Å²) >= 11 is 6.04. The number of phenols is 1. The van der Waals surface area contributed by atoms with Gasteiger partial charge in [-0.2, -0.15) is 0 Å². The third-order valence-corrected chi connectivity index (χ3v) is 3.33. The molecule has 1 aliphatic rings. The summed E-state index contributed by atoms with van der Waals surface area (Å²) < 4.78 is 5.55. The Morgan fingerprint density at radius 2 is 2.21 bits per heavy atom. The molecule has 3 rings (SSSR count). The van der Waals surface area contributed by atoms with E-state index in [1.54, 1.807) is 6.07 Å². The van der Waals surface area contributed by atoms with E-state index in [0.717, 1.165) is 6.54 Å². The molecule has 0 amide bonds. The van der Waals surface area contributed by atoms with Crippen molar-refractivity contribution in [2.75, 3.05) is 6.54 Å². The number of hydrogen-bond acceptors (Lipinski definition) is 5. The van der Waals surface area contributed by atoms with E-state index in [9.17, 15) is 5.11 Å². The fraction of sp³-hybridized carbons (Fsp3) is 0.385. The topological polar surface area (TPSA) is 71.2 Å². The molecule has 0 radical (unpaired) electrons. The lowest BCUT2D eigenvalue weighted by Gasteiger charge is -2.00. The van der Waals surface area contributed by atoms with Crippen LogP contribution in [-0.2, 0) is 6.42 Å². The van der Waals surface area contributed by atoms with Gasteiger partial charge in [-0.25, -0.2) is 0 Å². The van der Waals surface area contributed by atoms with Gasteiger partial charge >= 0.3 is 0 Å². The molecule has 5 nitrogen and oxygen atoms in total. The number of hydrogen-bond donors (Lipinski definition) is 2. The van der Waals surface area contributed by atoms with Gasteiger partial charge in [-0.15, -0.1) is 10.2 Å². The lowest BCUT2D eigenvalue weighted by molar-refractivity contribution is 0.473. The molecule has 0 spiro atoms. The van der Waals surface area contributed by atoms with Gasteiger partial charge in [0.1, 0.15) is 5.75 Å². The van der Waals surface area contributed by atoms with Gasteiger partial charge in [0.15, 0.2) is 0 Å². The van der Waals surface area contributed by atoms with E-state index in [4.69, 9.17) is 16.0 Å². The predicted octanol–water partition coefficient (Wildman–Crippen LogP) is 2.39. The lowest BCUT2D eigenvalue weighted by atomic mass is 10.2. The molecule has 0 unspecified atom stereocenters. The van der Waals surface area contributed by atoms with E-state index in [1.807, 2.05) is 0 Å². The summed E-state index contributed by atoms with van der Waals surface area (Å²) in [5.41, 5.74) is 0.551. The number of halogens is 1. The molecule has 1 aliphatic carbocycles. The highest BCUT2D eigenvalue weighted by Gasteiger charge is 2.20. The Hall–Kier alpha value is -1.59. The standard InChI is InChI=1S/C13H14ClN3O2/c14-11-4-3-9(18)7-10(11)13-17-16-12(19-13)5-6-15-8-1-2-8/h3-4,7-8,15,18H,1-2,5-6H2. The van der Waals surface area contributed by atoms with Crippen LogP contribution in [-0.4, -0.2) is 27.9 Å². The summed E-state index contributed by atoms with van der Waals surface area (Å²) in [7, 11) is 0. The average Bonchev–Trinajstić information content (AvgIpc) is 3.10. The van der Waals surface area contributed by atoms with Crippen LogP contribution in [0.1, 0.15) is 18.7 Å². The number of benzene rings is 1. The summed E-state index contributed by atoms with van der Waals surface area (Å²) in [6.45, 7) is 0.833. The molecule has 1 fully saturated rings. The second-order valence-corrected chi connectivity index (χ2v) is 5.05. The first kappa shape index (κ1) is 12.4. The second kappa shape index (κ2) is 5.19. The Morgan fingerprint density at radius 1 is 1.37 bits per heavy atom. The van der Waals surface area contributed by atoms with Crippen molar-refractivity contribution in [1.29, 1.82) is 0 Å². The molecule has 100 valence electrons. The molecule has 0 bridgehead atoms. The van der Waals surface area contributed by atoms with E-state index in [1.165, 1.54) is 25.0 Å². The fourth-order valence-electron chi connectivity index (χ4n) is 1.81. The van der Waals surface area contributed by atoms with Crippen molar-refractivity contribution in [3.8, 4) is 17.2 Å². The quantitative estimate of drug-likeness (QED) is 0.879. The molecular weight excluding hydrogens is 266 g/mol. The van der Waals surface area contributed by atoms with Crippen LogP contribution in [0, 0.1) is 0 Å². The summed E-state index contributed by atoms with van der Waals surface area (Å²) in [4.78, 5) is 0. The SMILES string of the molecule is Oc1ccc(Cl)c(-c2nnc(CCNC3CC3)o2)c1. The molecule has 0 atom stereocenters. The molecule has 1 heterocycles. The van der Waals surface area contributed by atoms with Crippen LogP contribution in [0.3, 0.4) is 0 Å². The molecule has 0 saturated heterocycles. The Morgan fingerprint density at radius 3 is 3.00 bits per heavy atom. The molecule has 19 heavy (non-hydrogen) atoms. The van der Waals surface area contributed by atoms with Gasteiger partial charge in [0.2, 0.25) is 11.8 Å². The van der Waals surface area contributed by atoms with Crippen molar-refractivity contribution in [1.82, 2.24) is 15.5 Å². The first-order chi connectivity index (χ1) is 9.22. The van der Waals surface area contributed by atoms with Crippen molar-refractivity contribution in [3.63, 3.8) is 0 Å². The maximum absolute atomic E-state index is 9.46. The Bertz CT molecular complexity index is 581. The van der Waals surface area contributed by atoms with E-state index in [0.29, 0.717) is 34.8 Å². The summed E-state index contributed by atoms with van der Waals surface area (Å²) in [5.74, 6) is 1.03. The number of nitrogens with one attached hydrogen (secondary N) is 1. The summed E-state index contributed by atoms with van der Waals surface area (Å²) in [5, 5.41) is 21.3. The monoisotopic (exact) mass is 279 g/mol. The molecule has 2 N–H and O–H groups in total. The van der Waals surface area contributed by atoms with Crippen LogP contribution < -0.4 is 5.32 Å². The van der Waals surface area contributed by atoms with Crippen molar-refractivity contribution in [2.24, 2.45) is 0 Å². The minimum absolute atomic E-state index is 0.120. The van der Waals surface area contributed by atoms with Crippen LogP contribution in [0.25, 0.3) is 11.5 Å². The Labute approximate surface area is 115 Å². The zero-order valence-corrected chi connectivity index (χ0v) is 11.0. The minimum atomic E-state index is 0.120. The third-order valence-electron chi connectivity index (χ3n) is 3.00. The zero-order chi connectivity index (χ0) is 13.2. The van der Waals surface area contributed by atoms with Gasteiger partial charge < -0.3 is 14.8 Å². The van der Waals surface area contributed by atoms with Crippen LogP contribution >= 0.6 is 11.6 Å². The normalized spacial score (nSPS) is 14.8. The first-order valence-electron chi connectivity index (χ1n) is 6.27. The number of rotatable bonds is 5. The van der Waals surface area contributed by atoms with E-state index >= 15 is 0 Å². The lowest BCUT2D eigenvalue weighted by Crippen LogP contribution is -2.19. The first-order valence-corrected chi connectivity index (χ1v) is 6.65. The van der Waals surface area contributed by atoms with Crippen molar-refractivity contribution < 1.29 is 9.52 Å².